The molecule has 102 valence electrons. The van der Waals surface area contributed by atoms with E-state index in [4.69, 9.17) is 16.3 Å². The van der Waals surface area contributed by atoms with Crippen LogP contribution < -0.4 is 10.1 Å². The number of fused-ring (bicyclic) bond motifs is 1. The molecule has 2 heterocycles. The summed E-state index contributed by atoms with van der Waals surface area (Å²) in [7, 11) is 1.79. The first kappa shape index (κ1) is 12.7. The van der Waals surface area contributed by atoms with Gasteiger partial charge in [0.05, 0.1) is 17.5 Å². The number of nitrogens with one attached hydrogen (secondary N) is 1. The lowest BCUT2D eigenvalue weighted by Gasteiger charge is -2.17. The SMILES string of the molecule is Cn1cc(NC(=O)C2=Cc3cc(Cl)ccc3OC2)cn1. The van der Waals surface area contributed by atoms with Crippen LogP contribution in [0.25, 0.3) is 6.08 Å². The van der Waals surface area contributed by atoms with Crippen LogP contribution in [-0.2, 0) is 11.8 Å². The number of ether oxygens (including phenoxy) is 1. The Labute approximate surface area is 120 Å². The van der Waals surface area contributed by atoms with Crippen LogP contribution in [0.4, 0.5) is 5.69 Å². The second-order valence-electron chi connectivity index (χ2n) is 4.50. The van der Waals surface area contributed by atoms with Gasteiger partial charge in [0.2, 0.25) is 0 Å². The fraction of sp³-hybridized carbons (Fsp3) is 0.143. The average molecular weight is 290 g/mol. The summed E-state index contributed by atoms with van der Waals surface area (Å²) in [5.74, 6) is 0.524. The third kappa shape index (κ3) is 2.53. The van der Waals surface area contributed by atoms with Crippen LogP contribution in [-0.4, -0.2) is 22.3 Å². The van der Waals surface area contributed by atoms with Crippen molar-refractivity contribution in [3.8, 4) is 5.75 Å². The molecule has 0 radical (unpaired) electrons. The zero-order valence-corrected chi connectivity index (χ0v) is 11.5. The zero-order chi connectivity index (χ0) is 14.1. The van der Waals surface area contributed by atoms with Crippen LogP contribution >= 0.6 is 11.6 Å². The van der Waals surface area contributed by atoms with Crippen LogP contribution in [0.3, 0.4) is 0 Å². The minimum Gasteiger partial charge on any atom is -0.488 e. The van der Waals surface area contributed by atoms with Gasteiger partial charge in [0.25, 0.3) is 5.91 Å². The van der Waals surface area contributed by atoms with E-state index in [2.05, 4.69) is 10.4 Å². The minimum atomic E-state index is -0.205. The first-order valence-electron chi connectivity index (χ1n) is 6.05. The Hall–Kier alpha value is -2.27. The number of halogens is 1. The van der Waals surface area contributed by atoms with Crippen molar-refractivity contribution in [1.29, 1.82) is 0 Å². The smallest absolute Gasteiger partial charge is 0.255 e. The molecule has 0 aliphatic carbocycles. The van der Waals surface area contributed by atoms with Gasteiger partial charge in [-0.15, -0.1) is 0 Å². The second-order valence-corrected chi connectivity index (χ2v) is 4.93. The molecule has 0 bridgehead atoms. The molecule has 0 saturated heterocycles. The number of hydrogen-bond acceptors (Lipinski definition) is 3. The van der Waals surface area contributed by atoms with E-state index in [1.165, 1.54) is 0 Å². The Balaban J connectivity index is 1.82. The van der Waals surface area contributed by atoms with Gasteiger partial charge in [0, 0.05) is 23.8 Å². The molecule has 1 aromatic carbocycles. The molecule has 6 heteroatoms. The summed E-state index contributed by atoms with van der Waals surface area (Å²) in [5, 5.41) is 7.38. The second kappa shape index (κ2) is 5.02. The molecule has 2 aromatic rings. The quantitative estimate of drug-likeness (QED) is 0.924. The molecule has 0 fully saturated rings. The number of aryl methyl sites for hydroxylation is 1. The van der Waals surface area contributed by atoms with Gasteiger partial charge >= 0.3 is 0 Å². The summed E-state index contributed by atoms with van der Waals surface area (Å²) in [5.41, 5.74) is 2.00. The van der Waals surface area contributed by atoms with Crippen LogP contribution in [0.5, 0.6) is 5.75 Å². The fourth-order valence-electron chi connectivity index (χ4n) is 1.98. The standard InChI is InChI=1S/C14H12ClN3O2/c1-18-7-12(6-16-18)17-14(19)10-4-9-5-11(15)2-3-13(9)20-8-10/h2-7H,8H2,1H3,(H,17,19). The Morgan fingerprint density at radius 3 is 3.10 bits per heavy atom. The molecule has 5 nitrogen and oxygen atoms in total. The number of nitrogens with zero attached hydrogens (tertiary/aromatic N) is 2. The van der Waals surface area contributed by atoms with Gasteiger partial charge < -0.3 is 10.1 Å². The lowest BCUT2D eigenvalue weighted by Crippen LogP contribution is -2.21. The van der Waals surface area contributed by atoms with Gasteiger partial charge in [0.1, 0.15) is 12.4 Å². The van der Waals surface area contributed by atoms with Crippen LogP contribution in [0.15, 0.2) is 36.2 Å². The molecule has 0 spiro atoms. The van der Waals surface area contributed by atoms with E-state index in [9.17, 15) is 4.79 Å². The highest BCUT2D eigenvalue weighted by molar-refractivity contribution is 6.30. The molecule has 20 heavy (non-hydrogen) atoms. The number of amides is 1. The Kier molecular flexibility index (Phi) is 3.20. The molecule has 0 atom stereocenters. The number of rotatable bonds is 2. The largest absolute Gasteiger partial charge is 0.488 e. The predicted octanol–water partition coefficient (Wildman–Crippen LogP) is 2.49. The minimum absolute atomic E-state index is 0.205. The number of carbonyl (C=O) groups excluding carboxylic acids is 1. The fourth-order valence-corrected chi connectivity index (χ4v) is 2.16. The summed E-state index contributed by atoms with van der Waals surface area (Å²) in [6.45, 7) is 0.237. The van der Waals surface area contributed by atoms with Crippen molar-refractivity contribution in [2.75, 3.05) is 11.9 Å². The van der Waals surface area contributed by atoms with Crippen LogP contribution in [0, 0.1) is 0 Å². The van der Waals surface area contributed by atoms with E-state index in [0.717, 1.165) is 11.3 Å². The van der Waals surface area contributed by atoms with Crippen molar-refractivity contribution >= 4 is 29.3 Å². The Bertz CT molecular complexity index is 706. The highest BCUT2D eigenvalue weighted by Crippen LogP contribution is 2.29. The highest BCUT2D eigenvalue weighted by atomic mass is 35.5. The molecular weight excluding hydrogens is 278 g/mol. The number of benzene rings is 1. The van der Waals surface area contributed by atoms with E-state index >= 15 is 0 Å². The normalized spacial score (nSPS) is 13.2. The topological polar surface area (TPSA) is 56.2 Å². The lowest BCUT2D eigenvalue weighted by atomic mass is 10.1. The van der Waals surface area contributed by atoms with Crippen molar-refractivity contribution < 1.29 is 9.53 Å². The van der Waals surface area contributed by atoms with E-state index in [1.54, 1.807) is 48.4 Å². The number of carbonyl (C=O) groups is 1. The summed E-state index contributed by atoms with van der Waals surface area (Å²) in [6, 6.07) is 5.33. The average Bonchev–Trinajstić information content (AvgIpc) is 2.83. The van der Waals surface area contributed by atoms with Crippen molar-refractivity contribution in [3.05, 3.63) is 46.8 Å². The van der Waals surface area contributed by atoms with Crippen molar-refractivity contribution in [2.24, 2.45) is 7.05 Å². The molecule has 1 N–H and O–H groups in total. The maximum Gasteiger partial charge on any atom is 0.255 e. The van der Waals surface area contributed by atoms with Gasteiger partial charge in [-0.1, -0.05) is 11.6 Å². The summed E-state index contributed by atoms with van der Waals surface area (Å²) in [6.07, 6.45) is 5.11. The Morgan fingerprint density at radius 2 is 2.35 bits per heavy atom. The molecule has 0 unspecified atom stereocenters. The first-order chi connectivity index (χ1) is 9.61. The number of hydrogen-bond donors (Lipinski definition) is 1. The summed E-state index contributed by atoms with van der Waals surface area (Å²) >= 11 is 5.94. The molecule has 1 aliphatic rings. The van der Waals surface area contributed by atoms with Crippen molar-refractivity contribution in [3.63, 3.8) is 0 Å². The molecule has 0 saturated carbocycles. The van der Waals surface area contributed by atoms with Gasteiger partial charge in [-0.05, 0) is 24.3 Å². The van der Waals surface area contributed by atoms with Crippen molar-refractivity contribution in [1.82, 2.24) is 9.78 Å². The van der Waals surface area contributed by atoms with Crippen LogP contribution in [0.1, 0.15) is 5.56 Å². The summed E-state index contributed by atoms with van der Waals surface area (Å²) in [4.78, 5) is 12.1. The van der Waals surface area contributed by atoms with E-state index < -0.39 is 0 Å². The van der Waals surface area contributed by atoms with E-state index in [0.29, 0.717) is 16.3 Å². The van der Waals surface area contributed by atoms with E-state index in [-0.39, 0.29) is 12.5 Å². The third-order valence-corrected chi connectivity index (χ3v) is 3.17. The molecule has 1 aliphatic heterocycles. The monoisotopic (exact) mass is 289 g/mol. The molecule has 1 amide bonds. The van der Waals surface area contributed by atoms with E-state index in [1.807, 2.05) is 0 Å². The third-order valence-electron chi connectivity index (χ3n) is 2.94. The number of anilines is 1. The number of aromatic nitrogens is 2. The summed E-state index contributed by atoms with van der Waals surface area (Å²) < 4.78 is 7.17. The predicted molar refractivity (Wildman–Crippen MR) is 76.8 cm³/mol. The maximum atomic E-state index is 12.1. The van der Waals surface area contributed by atoms with Gasteiger partial charge in [-0.25, -0.2) is 0 Å². The lowest BCUT2D eigenvalue weighted by molar-refractivity contribution is -0.113. The zero-order valence-electron chi connectivity index (χ0n) is 10.8. The highest BCUT2D eigenvalue weighted by Gasteiger charge is 2.17. The maximum absolute atomic E-state index is 12.1. The molecule has 1 aromatic heterocycles. The van der Waals surface area contributed by atoms with Gasteiger partial charge in [0.15, 0.2) is 0 Å². The van der Waals surface area contributed by atoms with Crippen LogP contribution in [0.2, 0.25) is 5.02 Å². The Morgan fingerprint density at radius 1 is 1.50 bits per heavy atom. The van der Waals surface area contributed by atoms with Gasteiger partial charge in [-0.2, -0.15) is 5.10 Å². The molecular formula is C14H12ClN3O2. The first-order valence-corrected chi connectivity index (χ1v) is 6.42. The van der Waals surface area contributed by atoms with Gasteiger partial charge in [-0.3, -0.25) is 9.48 Å². The molecule has 3 rings (SSSR count). The van der Waals surface area contributed by atoms with Crippen molar-refractivity contribution in [2.45, 2.75) is 0 Å².